The second-order valence-electron chi connectivity index (χ2n) is 4.74. The third kappa shape index (κ3) is 4.49. The lowest BCUT2D eigenvalue weighted by Gasteiger charge is -2.07. The summed E-state index contributed by atoms with van der Waals surface area (Å²) in [7, 11) is 0. The Kier molecular flexibility index (Phi) is 4.86. The minimum Gasteiger partial charge on any atom is -0.369 e. The molecule has 20 heavy (non-hydrogen) atoms. The molecule has 0 aliphatic heterocycles. The third-order valence-electron chi connectivity index (χ3n) is 2.78. The molecule has 7 heteroatoms. The maximum atomic E-state index is 11.9. The molecule has 0 aromatic carbocycles. The van der Waals surface area contributed by atoms with E-state index in [0.29, 0.717) is 11.9 Å². The van der Waals surface area contributed by atoms with Crippen LogP contribution in [0.25, 0.3) is 0 Å². The van der Waals surface area contributed by atoms with E-state index in [-0.39, 0.29) is 18.1 Å². The Bertz CT molecular complexity index is 487. The number of nitrogens with zero attached hydrogens (tertiary/aromatic N) is 2. The van der Waals surface area contributed by atoms with E-state index < -0.39 is 5.91 Å². The summed E-state index contributed by atoms with van der Waals surface area (Å²) in [6.07, 6.45) is 5.95. The molecule has 2 rings (SSSR count). The molecule has 0 radical (unpaired) electrons. The van der Waals surface area contributed by atoms with E-state index in [1.165, 1.54) is 6.20 Å². The van der Waals surface area contributed by atoms with Gasteiger partial charge in [0.15, 0.2) is 0 Å². The van der Waals surface area contributed by atoms with Crippen molar-refractivity contribution >= 4 is 17.6 Å². The molecule has 0 spiro atoms. The van der Waals surface area contributed by atoms with E-state index in [9.17, 15) is 9.59 Å². The zero-order valence-corrected chi connectivity index (χ0v) is 11.5. The normalized spacial score (nSPS) is 13.7. The molecule has 0 saturated heterocycles. The zero-order valence-electron chi connectivity index (χ0n) is 11.5. The number of anilines is 1. The van der Waals surface area contributed by atoms with E-state index in [4.69, 9.17) is 0 Å². The molecule has 1 saturated carbocycles. The zero-order chi connectivity index (χ0) is 14.4. The highest BCUT2D eigenvalue weighted by molar-refractivity contribution is 5.94. The SMILES string of the molecule is CCCNc1cncc(C(=O)NCC(=O)NC2CC2)n1. The van der Waals surface area contributed by atoms with Gasteiger partial charge in [-0.05, 0) is 19.3 Å². The first-order valence-electron chi connectivity index (χ1n) is 6.82. The highest BCUT2D eigenvalue weighted by Crippen LogP contribution is 2.18. The van der Waals surface area contributed by atoms with Crippen molar-refractivity contribution in [2.24, 2.45) is 0 Å². The van der Waals surface area contributed by atoms with E-state index in [0.717, 1.165) is 25.8 Å². The second-order valence-corrected chi connectivity index (χ2v) is 4.74. The van der Waals surface area contributed by atoms with E-state index in [1.54, 1.807) is 6.20 Å². The minimum absolute atomic E-state index is 0.0381. The molecule has 0 unspecified atom stereocenters. The average Bonchev–Trinajstić information content (AvgIpc) is 3.26. The Balaban J connectivity index is 1.82. The van der Waals surface area contributed by atoms with Crippen molar-refractivity contribution in [2.45, 2.75) is 32.2 Å². The fraction of sp³-hybridized carbons (Fsp3) is 0.538. The van der Waals surface area contributed by atoms with Crippen LogP contribution in [0, 0.1) is 0 Å². The Hall–Kier alpha value is -2.18. The van der Waals surface area contributed by atoms with Gasteiger partial charge < -0.3 is 16.0 Å². The Morgan fingerprint density at radius 2 is 2.15 bits per heavy atom. The molecule has 1 aromatic heterocycles. The predicted molar refractivity (Wildman–Crippen MR) is 74.3 cm³/mol. The van der Waals surface area contributed by atoms with Crippen molar-refractivity contribution in [3.05, 3.63) is 18.1 Å². The maximum Gasteiger partial charge on any atom is 0.272 e. The Morgan fingerprint density at radius 1 is 1.35 bits per heavy atom. The summed E-state index contributed by atoms with van der Waals surface area (Å²) in [5.74, 6) is -0.0143. The number of carbonyl (C=O) groups is 2. The number of rotatable bonds is 7. The highest BCUT2D eigenvalue weighted by Gasteiger charge is 2.23. The molecule has 1 aliphatic rings. The molecule has 108 valence electrons. The Morgan fingerprint density at radius 3 is 2.85 bits per heavy atom. The lowest BCUT2D eigenvalue weighted by atomic mass is 10.4. The summed E-state index contributed by atoms with van der Waals surface area (Å²) >= 11 is 0. The summed E-state index contributed by atoms with van der Waals surface area (Å²) in [4.78, 5) is 31.4. The molecule has 1 aliphatic carbocycles. The van der Waals surface area contributed by atoms with Gasteiger partial charge in [0.25, 0.3) is 5.91 Å². The molecule has 3 N–H and O–H groups in total. The summed E-state index contributed by atoms with van der Waals surface area (Å²) in [6, 6.07) is 0.292. The molecule has 0 bridgehead atoms. The van der Waals surface area contributed by atoms with Crippen LogP contribution in [-0.4, -0.2) is 40.9 Å². The van der Waals surface area contributed by atoms with Crippen LogP contribution in [0.15, 0.2) is 12.4 Å². The number of nitrogens with one attached hydrogen (secondary N) is 3. The van der Waals surface area contributed by atoms with E-state index >= 15 is 0 Å². The van der Waals surface area contributed by atoms with Gasteiger partial charge in [-0.3, -0.25) is 14.6 Å². The molecule has 1 fully saturated rings. The van der Waals surface area contributed by atoms with E-state index in [1.807, 2.05) is 6.92 Å². The first kappa shape index (κ1) is 14.2. The fourth-order valence-electron chi connectivity index (χ4n) is 1.57. The van der Waals surface area contributed by atoms with Crippen molar-refractivity contribution in [2.75, 3.05) is 18.4 Å². The number of aromatic nitrogens is 2. The van der Waals surface area contributed by atoms with Crippen molar-refractivity contribution in [1.82, 2.24) is 20.6 Å². The summed E-state index contributed by atoms with van der Waals surface area (Å²) in [5, 5.41) is 8.39. The smallest absolute Gasteiger partial charge is 0.272 e. The van der Waals surface area contributed by atoms with Gasteiger partial charge in [-0.15, -0.1) is 0 Å². The van der Waals surface area contributed by atoms with Crippen LogP contribution in [0.1, 0.15) is 36.7 Å². The van der Waals surface area contributed by atoms with Crippen LogP contribution >= 0.6 is 0 Å². The lowest BCUT2D eigenvalue weighted by molar-refractivity contribution is -0.120. The van der Waals surface area contributed by atoms with Crippen LogP contribution in [0.3, 0.4) is 0 Å². The van der Waals surface area contributed by atoms with Crippen LogP contribution in [0.4, 0.5) is 5.82 Å². The minimum atomic E-state index is -0.399. The molecule has 1 aromatic rings. The number of hydrogen-bond acceptors (Lipinski definition) is 5. The topological polar surface area (TPSA) is 96.0 Å². The van der Waals surface area contributed by atoms with Gasteiger partial charge in [-0.2, -0.15) is 0 Å². The fourth-order valence-corrected chi connectivity index (χ4v) is 1.57. The molecule has 1 heterocycles. The van der Waals surface area contributed by atoms with Crippen LogP contribution in [0.5, 0.6) is 0 Å². The van der Waals surface area contributed by atoms with Crippen molar-refractivity contribution in [1.29, 1.82) is 0 Å². The monoisotopic (exact) mass is 277 g/mol. The summed E-state index contributed by atoms with van der Waals surface area (Å²) in [5.41, 5.74) is 0.199. The summed E-state index contributed by atoms with van der Waals surface area (Å²) < 4.78 is 0. The third-order valence-corrected chi connectivity index (χ3v) is 2.78. The van der Waals surface area contributed by atoms with Gasteiger partial charge in [-0.25, -0.2) is 4.98 Å². The first-order valence-corrected chi connectivity index (χ1v) is 6.82. The van der Waals surface area contributed by atoms with Gasteiger partial charge in [0.1, 0.15) is 11.5 Å². The van der Waals surface area contributed by atoms with Crippen LogP contribution < -0.4 is 16.0 Å². The van der Waals surface area contributed by atoms with Crippen molar-refractivity contribution < 1.29 is 9.59 Å². The summed E-state index contributed by atoms with van der Waals surface area (Å²) in [6.45, 7) is 2.77. The van der Waals surface area contributed by atoms with Gasteiger partial charge in [0.05, 0.1) is 18.9 Å². The molecule has 2 amide bonds. The lowest BCUT2D eigenvalue weighted by Crippen LogP contribution is -2.38. The van der Waals surface area contributed by atoms with Gasteiger partial charge in [-0.1, -0.05) is 6.92 Å². The Labute approximate surface area is 117 Å². The van der Waals surface area contributed by atoms with E-state index in [2.05, 4.69) is 25.9 Å². The standard InChI is InChI=1S/C13H19N5O2/c1-2-5-15-11-7-14-6-10(18-11)13(20)16-8-12(19)17-9-3-4-9/h6-7,9H,2-5,8H2,1H3,(H,15,18)(H,16,20)(H,17,19). The first-order chi connectivity index (χ1) is 9.69. The second kappa shape index (κ2) is 6.83. The average molecular weight is 277 g/mol. The molecular formula is C13H19N5O2. The largest absolute Gasteiger partial charge is 0.369 e. The van der Waals surface area contributed by atoms with Crippen LogP contribution in [-0.2, 0) is 4.79 Å². The van der Waals surface area contributed by atoms with Crippen molar-refractivity contribution in [3.63, 3.8) is 0 Å². The molecular weight excluding hydrogens is 258 g/mol. The van der Waals surface area contributed by atoms with Crippen LogP contribution in [0.2, 0.25) is 0 Å². The number of amides is 2. The number of hydrogen-bond donors (Lipinski definition) is 3. The maximum absolute atomic E-state index is 11.9. The van der Waals surface area contributed by atoms with Gasteiger partial charge in [0.2, 0.25) is 5.91 Å². The molecule has 0 atom stereocenters. The quantitative estimate of drug-likeness (QED) is 0.666. The highest BCUT2D eigenvalue weighted by atomic mass is 16.2. The predicted octanol–water partition coefficient (Wildman–Crippen LogP) is 0.307. The van der Waals surface area contributed by atoms with Crippen molar-refractivity contribution in [3.8, 4) is 0 Å². The van der Waals surface area contributed by atoms with Gasteiger partial charge in [0, 0.05) is 12.6 Å². The van der Waals surface area contributed by atoms with Gasteiger partial charge >= 0.3 is 0 Å². The molecule has 7 nitrogen and oxygen atoms in total. The number of carbonyl (C=O) groups excluding carboxylic acids is 2.